The van der Waals surface area contributed by atoms with E-state index in [2.05, 4.69) is 4.98 Å². The summed E-state index contributed by atoms with van der Waals surface area (Å²) in [5.74, 6) is -0.170. The monoisotopic (exact) mass is 275 g/mol. The summed E-state index contributed by atoms with van der Waals surface area (Å²) in [5.41, 5.74) is 1.84. The zero-order valence-electron chi connectivity index (χ0n) is 10.6. The lowest BCUT2D eigenvalue weighted by molar-refractivity contribution is 0.103. The summed E-state index contributed by atoms with van der Waals surface area (Å²) in [4.78, 5) is 16.3. The zero-order valence-corrected chi connectivity index (χ0v) is 11.4. The van der Waals surface area contributed by atoms with Crippen LogP contribution in [0.2, 0.25) is 0 Å². The fourth-order valence-corrected chi connectivity index (χ4v) is 2.33. The number of hydrogen-bond donors (Lipinski definition) is 0. The molecule has 0 aliphatic rings. The fourth-order valence-electron chi connectivity index (χ4n) is 1.70. The van der Waals surface area contributed by atoms with Gasteiger partial charge in [0.25, 0.3) is 0 Å². The summed E-state index contributed by atoms with van der Waals surface area (Å²) in [6, 6.07) is 7.65. The van der Waals surface area contributed by atoms with E-state index in [-0.39, 0.29) is 10.7 Å². The largest absolute Gasteiger partial charge is 0.289 e. The average Bonchev–Trinajstić information content (AvgIpc) is 2.37. The second kappa shape index (κ2) is 4.93. The Labute approximate surface area is 112 Å². The van der Waals surface area contributed by atoms with Crippen LogP contribution in [0.15, 0.2) is 47.6 Å². The molecular weight excluding hydrogens is 262 g/mol. The van der Waals surface area contributed by atoms with Crippen LogP contribution < -0.4 is 0 Å². The van der Waals surface area contributed by atoms with Crippen molar-refractivity contribution in [2.45, 2.75) is 11.8 Å². The normalized spacial score (nSPS) is 11.3. The Balaban J connectivity index is 2.35. The molecule has 0 saturated heterocycles. The van der Waals surface area contributed by atoms with E-state index in [4.69, 9.17) is 0 Å². The standard InChI is InChI=1S/C14H13NO3S/c1-10-7-12(9-15-8-10)14(16)11-3-5-13(6-4-11)19(2,17)18/h3-9H,1-2H3. The van der Waals surface area contributed by atoms with E-state index in [0.29, 0.717) is 11.1 Å². The van der Waals surface area contributed by atoms with Crippen molar-refractivity contribution in [1.82, 2.24) is 4.98 Å². The SMILES string of the molecule is Cc1cncc(C(=O)c2ccc(S(C)(=O)=O)cc2)c1. The summed E-state index contributed by atoms with van der Waals surface area (Å²) in [6.07, 6.45) is 4.30. The molecule has 0 amide bonds. The molecule has 0 fully saturated rings. The molecule has 0 N–H and O–H groups in total. The number of aromatic nitrogens is 1. The lowest BCUT2D eigenvalue weighted by atomic mass is 10.0. The first-order chi connectivity index (χ1) is 8.88. The summed E-state index contributed by atoms with van der Waals surface area (Å²) in [6.45, 7) is 1.86. The van der Waals surface area contributed by atoms with Gasteiger partial charge in [-0.15, -0.1) is 0 Å². The first-order valence-corrected chi connectivity index (χ1v) is 7.53. The first kappa shape index (κ1) is 13.4. The van der Waals surface area contributed by atoms with Crippen molar-refractivity contribution in [3.8, 4) is 0 Å². The smallest absolute Gasteiger partial charge is 0.194 e. The van der Waals surface area contributed by atoms with E-state index in [0.717, 1.165) is 11.8 Å². The number of benzene rings is 1. The van der Waals surface area contributed by atoms with Gasteiger partial charge in [0.05, 0.1) is 4.90 Å². The van der Waals surface area contributed by atoms with E-state index in [1.54, 1.807) is 12.3 Å². The van der Waals surface area contributed by atoms with Crippen LogP contribution in [-0.2, 0) is 9.84 Å². The number of sulfone groups is 1. The summed E-state index contributed by atoms with van der Waals surface area (Å²) in [7, 11) is -3.24. The average molecular weight is 275 g/mol. The maximum absolute atomic E-state index is 12.2. The van der Waals surface area contributed by atoms with Crippen LogP contribution in [0, 0.1) is 6.92 Å². The number of carbonyl (C=O) groups is 1. The van der Waals surface area contributed by atoms with Crippen molar-refractivity contribution in [2.75, 3.05) is 6.26 Å². The van der Waals surface area contributed by atoms with Gasteiger partial charge in [0.1, 0.15) is 0 Å². The quantitative estimate of drug-likeness (QED) is 0.804. The molecule has 19 heavy (non-hydrogen) atoms. The van der Waals surface area contributed by atoms with Gasteiger partial charge in [-0.3, -0.25) is 9.78 Å². The zero-order chi connectivity index (χ0) is 14.0. The third-order valence-corrected chi connectivity index (χ3v) is 3.81. The van der Waals surface area contributed by atoms with Crippen molar-refractivity contribution in [3.05, 3.63) is 59.4 Å². The van der Waals surface area contributed by atoms with Crippen LogP contribution in [0.1, 0.15) is 21.5 Å². The molecule has 1 aromatic heterocycles. The molecule has 5 heteroatoms. The van der Waals surface area contributed by atoms with Gasteiger partial charge in [-0.05, 0) is 42.8 Å². The van der Waals surface area contributed by atoms with E-state index in [1.807, 2.05) is 6.92 Å². The molecule has 98 valence electrons. The highest BCUT2D eigenvalue weighted by Gasteiger charge is 2.12. The maximum atomic E-state index is 12.2. The van der Waals surface area contributed by atoms with Crippen LogP contribution in [-0.4, -0.2) is 25.4 Å². The van der Waals surface area contributed by atoms with Gasteiger partial charge in [-0.2, -0.15) is 0 Å². The van der Waals surface area contributed by atoms with Gasteiger partial charge in [0.2, 0.25) is 0 Å². The predicted octanol–water partition coefficient (Wildman–Crippen LogP) is 2.02. The molecule has 0 unspecified atom stereocenters. The number of pyridine rings is 1. The van der Waals surface area contributed by atoms with Crippen molar-refractivity contribution < 1.29 is 13.2 Å². The number of carbonyl (C=O) groups excluding carboxylic acids is 1. The van der Waals surface area contributed by atoms with Gasteiger partial charge >= 0.3 is 0 Å². The van der Waals surface area contributed by atoms with Crippen LogP contribution in [0.5, 0.6) is 0 Å². The van der Waals surface area contributed by atoms with Crippen molar-refractivity contribution in [3.63, 3.8) is 0 Å². The molecule has 0 spiro atoms. The van der Waals surface area contributed by atoms with E-state index in [9.17, 15) is 13.2 Å². The summed E-state index contributed by atoms with van der Waals surface area (Å²) in [5, 5.41) is 0. The lowest BCUT2D eigenvalue weighted by Gasteiger charge is -2.03. The Morgan fingerprint density at radius 2 is 1.68 bits per heavy atom. The lowest BCUT2D eigenvalue weighted by Crippen LogP contribution is -2.03. The second-order valence-corrected chi connectivity index (χ2v) is 6.39. The molecule has 1 aromatic carbocycles. The maximum Gasteiger partial charge on any atom is 0.194 e. The minimum Gasteiger partial charge on any atom is -0.289 e. The molecule has 2 rings (SSSR count). The van der Waals surface area contributed by atoms with Gasteiger partial charge in [-0.25, -0.2) is 8.42 Å². The molecule has 4 nitrogen and oxygen atoms in total. The summed E-state index contributed by atoms with van der Waals surface area (Å²) >= 11 is 0. The molecule has 0 bridgehead atoms. The van der Waals surface area contributed by atoms with Crippen molar-refractivity contribution >= 4 is 15.6 Å². The third-order valence-electron chi connectivity index (χ3n) is 2.68. The number of hydrogen-bond acceptors (Lipinski definition) is 4. The van der Waals surface area contributed by atoms with Crippen LogP contribution in [0.3, 0.4) is 0 Å². The minimum absolute atomic E-state index is 0.170. The van der Waals surface area contributed by atoms with E-state index < -0.39 is 9.84 Å². The molecule has 0 radical (unpaired) electrons. The molecule has 2 aromatic rings. The highest BCUT2D eigenvalue weighted by atomic mass is 32.2. The topological polar surface area (TPSA) is 64.1 Å². The fraction of sp³-hybridized carbons (Fsp3) is 0.143. The minimum atomic E-state index is -3.24. The van der Waals surface area contributed by atoms with Crippen molar-refractivity contribution in [1.29, 1.82) is 0 Å². The number of ketones is 1. The van der Waals surface area contributed by atoms with E-state index >= 15 is 0 Å². The van der Waals surface area contributed by atoms with Gasteiger partial charge in [0.15, 0.2) is 15.6 Å². The predicted molar refractivity (Wildman–Crippen MR) is 72.0 cm³/mol. The number of nitrogens with zero attached hydrogens (tertiary/aromatic N) is 1. The van der Waals surface area contributed by atoms with Gasteiger partial charge < -0.3 is 0 Å². The van der Waals surface area contributed by atoms with E-state index in [1.165, 1.54) is 30.5 Å². The molecule has 0 aliphatic carbocycles. The molecule has 1 heterocycles. The van der Waals surface area contributed by atoms with Crippen LogP contribution in [0.25, 0.3) is 0 Å². The van der Waals surface area contributed by atoms with Gasteiger partial charge in [-0.1, -0.05) is 0 Å². The highest BCUT2D eigenvalue weighted by Crippen LogP contribution is 2.14. The Kier molecular flexibility index (Phi) is 3.48. The Bertz CT molecular complexity index is 719. The first-order valence-electron chi connectivity index (χ1n) is 5.64. The summed E-state index contributed by atoms with van der Waals surface area (Å²) < 4.78 is 22.7. The second-order valence-electron chi connectivity index (χ2n) is 4.38. The van der Waals surface area contributed by atoms with Crippen molar-refractivity contribution in [2.24, 2.45) is 0 Å². The Hall–Kier alpha value is -2.01. The molecule has 0 atom stereocenters. The molecule has 0 aliphatic heterocycles. The molecule has 0 saturated carbocycles. The van der Waals surface area contributed by atoms with Crippen LogP contribution >= 0.6 is 0 Å². The van der Waals surface area contributed by atoms with Crippen LogP contribution in [0.4, 0.5) is 0 Å². The number of aryl methyl sites for hydroxylation is 1. The third kappa shape index (κ3) is 3.06. The Morgan fingerprint density at radius 1 is 1.05 bits per heavy atom. The van der Waals surface area contributed by atoms with Gasteiger partial charge in [0, 0.05) is 29.8 Å². The molecular formula is C14H13NO3S. The highest BCUT2D eigenvalue weighted by molar-refractivity contribution is 7.90. The number of rotatable bonds is 3. The Morgan fingerprint density at radius 3 is 2.21 bits per heavy atom.